The largest absolute Gasteiger partial charge is 0.502 e. The minimum atomic E-state index is 0.240. The highest BCUT2D eigenvalue weighted by atomic mass is 16.5. The van der Waals surface area contributed by atoms with E-state index in [9.17, 15) is 0 Å². The van der Waals surface area contributed by atoms with Crippen molar-refractivity contribution < 1.29 is 4.74 Å². The van der Waals surface area contributed by atoms with E-state index in [1.165, 1.54) is 25.7 Å². The highest BCUT2D eigenvalue weighted by Crippen LogP contribution is 2.14. The van der Waals surface area contributed by atoms with E-state index in [-0.39, 0.29) is 5.41 Å². The predicted octanol–water partition coefficient (Wildman–Crippen LogP) is 4.14. The Bertz CT molecular complexity index is 131. The lowest BCUT2D eigenvalue weighted by Gasteiger charge is -2.10. The third kappa shape index (κ3) is 11.5. The third-order valence-electron chi connectivity index (χ3n) is 1.78. The SMILES string of the molecule is CCCCCCOC=CC(C)(C)C. The molecule has 0 aromatic heterocycles. The van der Waals surface area contributed by atoms with Gasteiger partial charge in [0, 0.05) is 0 Å². The maximum absolute atomic E-state index is 5.38. The first-order valence-corrected chi connectivity index (χ1v) is 5.35. The molecule has 0 amide bonds. The van der Waals surface area contributed by atoms with Crippen molar-refractivity contribution in [3.63, 3.8) is 0 Å². The van der Waals surface area contributed by atoms with Crippen molar-refractivity contribution in [2.75, 3.05) is 6.61 Å². The molecular formula is C12H24O. The molecule has 0 rings (SSSR count). The molecule has 0 atom stereocenters. The van der Waals surface area contributed by atoms with Crippen LogP contribution < -0.4 is 0 Å². The smallest absolute Gasteiger partial charge is 0.0873 e. The molecule has 0 radical (unpaired) electrons. The number of rotatable bonds is 6. The van der Waals surface area contributed by atoms with Crippen LogP contribution in [0, 0.1) is 5.41 Å². The Hall–Kier alpha value is -0.460. The molecule has 1 nitrogen and oxygen atoms in total. The van der Waals surface area contributed by atoms with Crippen LogP contribution >= 0.6 is 0 Å². The molecule has 0 saturated carbocycles. The molecule has 13 heavy (non-hydrogen) atoms. The zero-order chi connectivity index (χ0) is 10.2. The molecule has 0 aromatic rings. The fourth-order valence-electron chi connectivity index (χ4n) is 0.932. The van der Waals surface area contributed by atoms with Crippen molar-refractivity contribution in [2.24, 2.45) is 5.41 Å². The van der Waals surface area contributed by atoms with E-state index in [0.717, 1.165) is 6.61 Å². The van der Waals surface area contributed by atoms with Crippen LogP contribution in [0.15, 0.2) is 12.3 Å². The second-order valence-corrected chi connectivity index (χ2v) is 4.60. The summed E-state index contributed by atoms with van der Waals surface area (Å²) in [7, 11) is 0. The lowest BCUT2D eigenvalue weighted by Crippen LogP contribution is -1.99. The fraction of sp³-hybridized carbons (Fsp3) is 0.833. The van der Waals surface area contributed by atoms with Crippen molar-refractivity contribution in [1.82, 2.24) is 0 Å². The Morgan fingerprint density at radius 3 is 2.31 bits per heavy atom. The second-order valence-electron chi connectivity index (χ2n) is 4.60. The third-order valence-corrected chi connectivity index (χ3v) is 1.78. The summed E-state index contributed by atoms with van der Waals surface area (Å²) in [5.74, 6) is 0. The van der Waals surface area contributed by atoms with Crippen molar-refractivity contribution in [2.45, 2.75) is 53.4 Å². The van der Waals surface area contributed by atoms with E-state index >= 15 is 0 Å². The summed E-state index contributed by atoms with van der Waals surface area (Å²) in [6.45, 7) is 9.60. The van der Waals surface area contributed by atoms with Gasteiger partial charge in [-0.1, -0.05) is 47.0 Å². The van der Waals surface area contributed by atoms with Gasteiger partial charge in [0.25, 0.3) is 0 Å². The van der Waals surface area contributed by atoms with Crippen LogP contribution in [-0.2, 0) is 4.74 Å². The van der Waals surface area contributed by atoms with Crippen molar-refractivity contribution in [3.8, 4) is 0 Å². The molecule has 0 N–H and O–H groups in total. The van der Waals surface area contributed by atoms with Gasteiger partial charge in [0.05, 0.1) is 12.9 Å². The van der Waals surface area contributed by atoms with Crippen LogP contribution in [0.3, 0.4) is 0 Å². The van der Waals surface area contributed by atoms with Crippen LogP contribution in [0.1, 0.15) is 53.4 Å². The lowest BCUT2D eigenvalue weighted by molar-refractivity contribution is 0.236. The van der Waals surface area contributed by atoms with Crippen LogP contribution in [-0.4, -0.2) is 6.61 Å². The van der Waals surface area contributed by atoms with E-state index < -0.39 is 0 Å². The molecule has 0 aliphatic rings. The summed E-state index contributed by atoms with van der Waals surface area (Å²) in [5.41, 5.74) is 0.240. The molecule has 78 valence electrons. The van der Waals surface area contributed by atoms with Gasteiger partial charge in [0.2, 0.25) is 0 Å². The molecule has 0 aliphatic heterocycles. The second kappa shape index (κ2) is 6.99. The summed E-state index contributed by atoms with van der Waals surface area (Å²) in [6, 6.07) is 0. The van der Waals surface area contributed by atoms with E-state index in [0.29, 0.717) is 0 Å². The van der Waals surface area contributed by atoms with Crippen molar-refractivity contribution >= 4 is 0 Å². The minimum Gasteiger partial charge on any atom is -0.502 e. The van der Waals surface area contributed by atoms with Gasteiger partial charge < -0.3 is 4.74 Å². The number of allylic oxidation sites excluding steroid dienone is 1. The first-order valence-electron chi connectivity index (χ1n) is 5.35. The fourth-order valence-corrected chi connectivity index (χ4v) is 0.932. The maximum Gasteiger partial charge on any atom is 0.0873 e. The number of ether oxygens (including phenoxy) is 1. The van der Waals surface area contributed by atoms with Gasteiger partial charge in [-0.15, -0.1) is 0 Å². The minimum absolute atomic E-state index is 0.240. The van der Waals surface area contributed by atoms with Gasteiger partial charge in [-0.05, 0) is 17.9 Å². The Morgan fingerprint density at radius 2 is 1.77 bits per heavy atom. The van der Waals surface area contributed by atoms with Gasteiger partial charge >= 0.3 is 0 Å². The molecule has 0 spiro atoms. The maximum atomic E-state index is 5.38. The Balaban J connectivity index is 3.21. The van der Waals surface area contributed by atoms with Gasteiger partial charge in [-0.2, -0.15) is 0 Å². The summed E-state index contributed by atoms with van der Waals surface area (Å²) in [6.07, 6.45) is 9.03. The van der Waals surface area contributed by atoms with E-state index in [2.05, 4.69) is 33.8 Å². The molecule has 0 unspecified atom stereocenters. The molecule has 0 bridgehead atoms. The number of unbranched alkanes of at least 4 members (excludes halogenated alkanes) is 3. The highest BCUT2D eigenvalue weighted by Gasteiger charge is 2.02. The van der Waals surface area contributed by atoms with Crippen molar-refractivity contribution in [1.29, 1.82) is 0 Å². The highest BCUT2D eigenvalue weighted by molar-refractivity contribution is 4.87. The molecule has 1 heteroatoms. The Labute approximate surface area is 83.2 Å². The van der Waals surface area contributed by atoms with E-state index in [4.69, 9.17) is 4.74 Å². The van der Waals surface area contributed by atoms with Gasteiger partial charge in [0.15, 0.2) is 0 Å². The average molecular weight is 184 g/mol. The van der Waals surface area contributed by atoms with Crippen LogP contribution in [0.5, 0.6) is 0 Å². The summed E-state index contributed by atoms with van der Waals surface area (Å²) in [4.78, 5) is 0. The monoisotopic (exact) mass is 184 g/mol. The van der Waals surface area contributed by atoms with Gasteiger partial charge in [0.1, 0.15) is 0 Å². The molecule has 0 fully saturated rings. The van der Waals surface area contributed by atoms with Crippen LogP contribution in [0.2, 0.25) is 0 Å². The molecule has 0 heterocycles. The van der Waals surface area contributed by atoms with Crippen molar-refractivity contribution in [3.05, 3.63) is 12.3 Å². The first kappa shape index (κ1) is 12.5. The number of hydrogen-bond acceptors (Lipinski definition) is 1. The number of hydrogen-bond donors (Lipinski definition) is 0. The Kier molecular flexibility index (Phi) is 6.75. The zero-order valence-corrected chi connectivity index (χ0v) is 9.60. The first-order chi connectivity index (χ1) is 6.06. The average Bonchev–Trinajstić information content (AvgIpc) is 2.01. The van der Waals surface area contributed by atoms with Crippen LogP contribution in [0.4, 0.5) is 0 Å². The molecule has 0 saturated heterocycles. The molecular weight excluding hydrogens is 160 g/mol. The quantitative estimate of drug-likeness (QED) is 0.445. The van der Waals surface area contributed by atoms with Gasteiger partial charge in [-0.3, -0.25) is 0 Å². The van der Waals surface area contributed by atoms with E-state index in [1.807, 2.05) is 6.26 Å². The normalized spacial score (nSPS) is 12.3. The van der Waals surface area contributed by atoms with E-state index in [1.54, 1.807) is 0 Å². The standard InChI is InChI=1S/C12H24O/c1-5-6-7-8-10-13-11-9-12(2,3)4/h9,11H,5-8,10H2,1-4H3. The van der Waals surface area contributed by atoms with Crippen LogP contribution in [0.25, 0.3) is 0 Å². The zero-order valence-electron chi connectivity index (χ0n) is 9.60. The molecule has 0 aromatic carbocycles. The summed E-state index contributed by atoms with van der Waals surface area (Å²) >= 11 is 0. The summed E-state index contributed by atoms with van der Waals surface area (Å²) < 4.78 is 5.38. The predicted molar refractivity (Wildman–Crippen MR) is 58.7 cm³/mol. The van der Waals surface area contributed by atoms with Gasteiger partial charge in [-0.25, -0.2) is 0 Å². The Morgan fingerprint density at radius 1 is 1.08 bits per heavy atom. The lowest BCUT2D eigenvalue weighted by atomic mass is 9.97. The topological polar surface area (TPSA) is 9.23 Å². The summed E-state index contributed by atoms with van der Waals surface area (Å²) in [5, 5.41) is 0. The molecule has 0 aliphatic carbocycles.